The van der Waals surface area contributed by atoms with Crippen LogP contribution in [0.1, 0.15) is 30.0 Å². The number of fused-ring (bicyclic) bond motifs is 1. The van der Waals surface area contributed by atoms with Gasteiger partial charge < -0.3 is 15.3 Å². The molecule has 1 aromatic carbocycles. The van der Waals surface area contributed by atoms with Crippen molar-refractivity contribution in [3.8, 4) is 0 Å². The number of furan rings is 1. The van der Waals surface area contributed by atoms with Gasteiger partial charge in [0.2, 0.25) is 5.76 Å². The number of aromatic carboxylic acids is 1. The predicted octanol–water partition coefficient (Wildman–Crippen LogP) is 3.10. The van der Waals surface area contributed by atoms with E-state index < -0.39 is 5.97 Å². The fourth-order valence-corrected chi connectivity index (χ4v) is 2.95. The van der Waals surface area contributed by atoms with Crippen molar-refractivity contribution < 1.29 is 14.3 Å². The molecule has 0 bridgehead atoms. The summed E-state index contributed by atoms with van der Waals surface area (Å²) >= 11 is 1.62. The van der Waals surface area contributed by atoms with Crippen LogP contribution in [0.4, 0.5) is 0 Å². The third kappa shape index (κ3) is 3.30. The fraction of sp³-hybridized carbons (Fsp3) is 0.357. The maximum absolute atomic E-state index is 11.2. The lowest BCUT2D eigenvalue weighted by Crippen LogP contribution is -2.34. The molecule has 3 N–H and O–H groups in total. The Kier molecular flexibility index (Phi) is 3.87. The van der Waals surface area contributed by atoms with E-state index >= 15 is 0 Å². The lowest BCUT2D eigenvalue weighted by molar-refractivity contribution is 0.0664. The van der Waals surface area contributed by atoms with Crippen LogP contribution in [0, 0.1) is 0 Å². The van der Waals surface area contributed by atoms with Crippen molar-refractivity contribution in [1.82, 2.24) is 0 Å². The van der Waals surface area contributed by atoms with Crippen LogP contribution in [-0.2, 0) is 5.75 Å². The van der Waals surface area contributed by atoms with Crippen molar-refractivity contribution in [2.45, 2.75) is 25.1 Å². The minimum atomic E-state index is -1.03. The number of para-hydroxylation sites is 1. The maximum atomic E-state index is 11.2. The molecule has 0 amide bonds. The first-order valence-electron chi connectivity index (χ1n) is 5.99. The smallest absolute Gasteiger partial charge is 0.372 e. The molecule has 2 rings (SSSR count). The molecule has 5 heteroatoms. The molecule has 0 radical (unpaired) electrons. The highest BCUT2D eigenvalue weighted by Crippen LogP contribution is 2.29. The van der Waals surface area contributed by atoms with Crippen molar-refractivity contribution in [1.29, 1.82) is 0 Å². The molecule has 1 aromatic heterocycles. The van der Waals surface area contributed by atoms with Gasteiger partial charge in [-0.2, -0.15) is 11.8 Å². The Morgan fingerprint density at radius 3 is 2.74 bits per heavy atom. The number of carboxylic acid groups (broad SMARTS) is 1. The Hall–Kier alpha value is -1.46. The zero-order valence-electron chi connectivity index (χ0n) is 11.0. The summed E-state index contributed by atoms with van der Waals surface area (Å²) in [5.41, 5.74) is 7.00. The van der Waals surface area contributed by atoms with Gasteiger partial charge in [0, 0.05) is 28.0 Å². The van der Waals surface area contributed by atoms with Gasteiger partial charge >= 0.3 is 5.97 Å². The Labute approximate surface area is 116 Å². The third-order valence-electron chi connectivity index (χ3n) is 2.61. The number of hydrogen-bond acceptors (Lipinski definition) is 4. The zero-order chi connectivity index (χ0) is 14.0. The number of benzene rings is 1. The van der Waals surface area contributed by atoms with E-state index in [0.717, 1.165) is 16.7 Å². The van der Waals surface area contributed by atoms with Crippen LogP contribution >= 0.6 is 11.8 Å². The SMILES string of the molecule is CC(C)(N)CSCc1c(C(=O)O)oc2ccccc12. The van der Waals surface area contributed by atoms with E-state index in [1.54, 1.807) is 17.8 Å². The van der Waals surface area contributed by atoms with Crippen molar-refractivity contribution in [3.05, 3.63) is 35.6 Å². The summed E-state index contributed by atoms with van der Waals surface area (Å²) in [7, 11) is 0. The van der Waals surface area contributed by atoms with E-state index in [1.165, 1.54) is 0 Å². The highest BCUT2D eigenvalue weighted by Gasteiger charge is 2.20. The van der Waals surface area contributed by atoms with E-state index in [1.807, 2.05) is 32.0 Å². The molecule has 4 nitrogen and oxygen atoms in total. The second-order valence-corrected chi connectivity index (χ2v) is 6.18. The van der Waals surface area contributed by atoms with Gasteiger partial charge in [0.1, 0.15) is 5.58 Å². The van der Waals surface area contributed by atoms with Crippen LogP contribution in [0.2, 0.25) is 0 Å². The minimum absolute atomic E-state index is 0.0310. The first kappa shape index (κ1) is 14.0. The number of carbonyl (C=O) groups is 1. The summed E-state index contributed by atoms with van der Waals surface area (Å²) in [5.74, 6) is 0.340. The number of carboxylic acids is 1. The molecule has 102 valence electrons. The van der Waals surface area contributed by atoms with Gasteiger partial charge in [-0.15, -0.1) is 0 Å². The molecule has 0 saturated heterocycles. The lowest BCUT2D eigenvalue weighted by atomic mass is 10.1. The first-order chi connectivity index (χ1) is 8.88. The van der Waals surface area contributed by atoms with E-state index in [9.17, 15) is 9.90 Å². The standard InChI is InChI=1S/C14H17NO3S/c1-14(2,15)8-19-7-10-9-5-3-4-6-11(9)18-12(10)13(16)17/h3-6H,7-8,15H2,1-2H3,(H,16,17). The van der Waals surface area contributed by atoms with E-state index in [0.29, 0.717) is 11.3 Å². The van der Waals surface area contributed by atoms with Crippen LogP contribution in [0.5, 0.6) is 0 Å². The Bertz CT molecular complexity index is 598. The largest absolute Gasteiger partial charge is 0.475 e. The average Bonchev–Trinajstić information content (AvgIpc) is 2.67. The summed E-state index contributed by atoms with van der Waals surface area (Å²) in [6, 6.07) is 7.37. The Morgan fingerprint density at radius 2 is 2.11 bits per heavy atom. The van der Waals surface area contributed by atoms with Crippen LogP contribution < -0.4 is 5.73 Å². The summed E-state index contributed by atoms with van der Waals surface area (Å²) in [6.45, 7) is 3.90. The summed E-state index contributed by atoms with van der Waals surface area (Å²) in [5, 5.41) is 10.1. The predicted molar refractivity (Wildman–Crippen MR) is 77.6 cm³/mol. The molecule has 0 atom stereocenters. The number of rotatable bonds is 5. The van der Waals surface area contributed by atoms with Crippen molar-refractivity contribution in [3.63, 3.8) is 0 Å². The van der Waals surface area contributed by atoms with Gasteiger partial charge in [-0.3, -0.25) is 0 Å². The normalized spacial score (nSPS) is 11.9. The third-order valence-corrected chi connectivity index (χ3v) is 4.05. The van der Waals surface area contributed by atoms with Gasteiger partial charge in [0.15, 0.2) is 0 Å². The van der Waals surface area contributed by atoms with E-state index in [4.69, 9.17) is 10.2 Å². The van der Waals surface area contributed by atoms with Gasteiger partial charge in [-0.05, 0) is 19.9 Å². The second kappa shape index (κ2) is 5.27. The number of hydrogen-bond donors (Lipinski definition) is 2. The van der Waals surface area contributed by atoms with Gasteiger partial charge in [0.25, 0.3) is 0 Å². The molecule has 0 spiro atoms. The lowest BCUT2D eigenvalue weighted by Gasteiger charge is -2.17. The van der Waals surface area contributed by atoms with Crippen LogP contribution in [0.25, 0.3) is 11.0 Å². The quantitative estimate of drug-likeness (QED) is 0.879. The average molecular weight is 279 g/mol. The molecule has 0 aliphatic heterocycles. The molecule has 0 unspecified atom stereocenters. The van der Waals surface area contributed by atoms with Crippen LogP contribution in [0.3, 0.4) is 0 Å². The first-order valence-corrected chi connectivity index (χ1v) is 7.14. The maximum Gasteiger partial charge on any atom is 0.372 e. The van der Waals surface area contributed by atoms with Gasteiger partial charge in [-0.25, -0.2) is 4.79 Å². The van der Waals surface area contributed by atoms with E-state index in [2.05, 4.69) is 0 Å². The molecule has 0 fully saturated rings. The second-order valence-electron chi connectivity index (χ2n) is 5.19. The van der Waals surface area contributed by atoms with Crippen LogP contribution in [0.15, 0.2) is 28.7 Å². The Balaban J connectivity index is 2.29. The molecule has 19 heavy (non-hydrogen) atoms. The summed E-state index contributed by atoms with van der Waals surface area (Å²) in [4.78, 5) is 11.2. The number of thioether (sulfide) groups is 1. The van der Waals surface area contributed by atoms with Crippen molar-refractivity contribution in [2.24, 2.45) is 5.73 Å². The molecule has 0 aliphatic rings. The zero-order valence-corrected chi connectivity index (χ0v) is 11.8. The topological polar surface area (TPSA) is 76.5 Å². The molecule has 2 aromatic rings. The highest BCUT2D eigenvalue weighted by molar-refractivity contribution is 7.98. The number of nitrogens with two attached hydrogens (primary N) is 1. The monoisotopic (exact) mass is 279 g/mol. The summed E-state index contributed by atoms with van der Waals surface area (Å²) < 4.78 is 5.40. The van der Waals surface area contributed by atoms with Gasteiger partial charge in [0.05, 0.1) is 0 Å². The molecule has 0 aliphatic carbocycles. The summed E-state index contributed by atoms with van der Waals surface area (Å²) in [6.07, 6.45) is 0. The van der Waals surface area contributed by atoms with Crippen LogP contribution in [-0.4, -0.2) is 22.4 Å². The fourth-order valence-electron chi connectivity index (χ4n) is 1.83. The molecule has 0 saturated carbocycles. The van der Waals surface area contributed by atoms with Gasteiger partial charge in [-0.1, -0.05) is 18.2 Å². The Morgan fingerprint density at radius 1 is 1.42 bits per heavy atom. The molecule has 1 heterocycles. The van der Waals surface area contributed by atoms with Crippen molar-refractivity contribution >= 4 is 28.7 Å². The molecular weight excluding hydrogens is 262 g/mol. The van der Waals surface area contributed by atoms with E-state index in [-0.39, 0.29) is 11.3 Å². The minimum Gasteiger partial charge on any atom is -0.475 e. The van der Waals surface area contributed by atoms with Crippen molar-refractivity contribution in [2.75, 3.05) is 5.75 Å². The highest BCUT2D eigenvalue weighted by atomic mass is 32.2. The molecular formula is C14H17NO3S.